The highest BCUT2D eigenvalue weighted by molar-refractivity contribution is 6.05. The maximum atomic E-state index is 12.6. The average molecular weight is 380 g/mol. The Hall–Kier alpha value is -3.41. The van der Waals surface area contributed by atoms with Crippen LogP contribution in [-0.4, -0.2) is 17.8 Å². The van der Waals surface area contributed by atoms with E-state index in [4.69, 9.17) is 4.74 Å². The van der Waals surface area contributed by atoms with Gasteiger partial charge < -0.3 is 15.4 Å². The molecule has 146 valence electrons. The molecule has 2 aromatic rings. The van der Waals surface area contributed by atoms with Gasteiger partial charge >= 0.3 is 5.97 Å². The van der Waals surface area contributed by atoms with E-state index in [-0.39, 0.29) is 18.4 Å². The van der Waals surface area contributed by atoms with Gasteiger partial charge in [-0.2, -0.15) is 0 Å². The van der Waals surface area contributed by atoms with Crippen LogP contribution in [0, 0.1) is 0 Å². The van der Waals surface area contributed by atoms with Gasteiger partial charge in [0.2, 0.25) is 5.91 Å². The fourth-order valence-electron chi connectivity index (χ4n) is 2.42. The Bertz CT molecular complexity index is 903. The smallest absolute Gasteiger partial charge is 0.308 e. The van der Waals surface area contributed by atoms with Gasteiger partial charge in [0.05, 0.1) is 0 Å². The number of hydrogen-bond acceptors (Lipinski definition) is 4. The first kappa shape index (κ1) is 20.9. The lowest BCUT2D eigenvalue weighted by molar-refractivity contribution is -0.131. The molecule has 6 nitrogen and oxygen atoms in total. The van der Waals surface area contributed by atoms with Gasteiger partial charge in [0.1, 0.15) is 5.75 Å². The van der Waals surface area contributed by atoms with Gasteiger partial charge in [-0.15, -0.1) is 0 Å². The molecular formula is C22H24N2O4. The normalized spacial score (nSPS) is 10.9. The van der Waals surface area contributed by atoms with Gasteiger partial charge in [-0.05, 0) is 43.2 Å². The van der Waals surface area contributed by atoms with Crippen molar-refractivity contribution in [3.8, 4) is 5.75 Å². The molecule has 0 heterocycles. The van der Waals surface area contributed by atoms with Crippen LogP contribution in [0.15, 0.2) is 60.2 Å². The molecule has 0 unspecified atom stereocenters. The van der Waals surface area contributed by atoms with Gasteiger partial charge in [0, 0.05) is 30.8 Å². The number of anilines is 1. The summed E-state index contributed by atoms with van der Waals surface area (Å²) in [4.78, 5) is 35.6. The second-order valence-corrected chi connectivity index (χ2v) is 6.29. The molecule has 0 spiro atoms. The Morgan fingerprint density at radius 1 is 1.04 bits per heavy atom. The van der Waals surface area contributed by atoms with E-state index in [9.17, 15) is 14.4 Å². The lowest BCUT2D eigenvalue weighted by atomic mass is 10.1. The number of ether oxygens (including phenoxy) is 1. The quantitative estimate of drug-likeness (QED) is 0.434. The predicted molar refractivity (Wildman–Crippen MR) is 108 cm³/mol. The molecule has 6 heteroatoms. The number of carbonyl (C=O) groups is 3. The largest absolute Gasteiger partial charge is 0.427 e. The van der Waals surface area contributed by atoms with E-state index in [1.54, 1.807) is 36.4 Å². The van der Waals surface area contributed by atoms with Gasteiger partial charge in [0.25, 0.3) is 5.91 Å². The fourth-order valence-corrected chi connectivity index (χ4v) is 2.42. The van der Waals surface area contributed by atoms with Gasteiger partial charge in [-0.3, -0.25) is 14.4 Å². The molecule has 0 aliphatic carbocycles. The Morgan fingerprint density at radius 2 is 1.79 bits per heavy atom. The zero-order valence-electron chi connectivity index (χ0n) is 16.2. The van der Waals surface area contributed by atoms with Crippen molar-refractivity contribution in [1.82, 2.24) is 5.32 Å². The van der Waals surface area contributed by atoms with Crippen molar-refractivity contribution in [2.24, 2.45) is 0 Å². The highest BCUT2D eigenvalue weighted by atomic mass is 16.5. The second kappa shape index (κ2) is 10.1. The summed E-state index contributed by atoms with van der Waals surface area (Å²) in [5.41, 5.74) is 2.73. The summed E-state index contributed by atoms with van der Waals surface area (Å²) in [5, 5.41) is 5.66. The van der Waals surface area contributed by atoms with Crippen LogP contribution in [-0.2, 0) is 16.1 Å². The third kappa shape index (κ3) is 6.39. The predicted octanol–water partition coefficient (Wildman–Crippen LogP) is 3.84. The van der Waals surface area contributed by atoms with Crippen molar-refractivity contribution < 1.29 is 19.1 Å². The molecule has 2 aromatic carbocycles. The van der Waals surface area contributed by atoms with Crippen LogP contribution in [0.1, 0.15) is 43.1 Å². The maximum absolute atomic E-state index is 12.6. The first-order valence-corrected chi connectivity index (χ1v) is 9.01. The molecule has 0 radical (unpaired) electrons. The van der Waals surface area contributed by atoms with Crippen LogP contribution in [0.2, 0.25) is 0 Å². The monoisotopic (exact) mass is 380 g/mol. The van der Waals surface area contributed by atoms with Crippen molar-refractivity contribution in [3.05, 3.63) is 71.3 Å². The maximum Gasteiger partial charge on any atom is 0.308 e. The van der Waals surface area contributed by atoms with Crippen molar-refractivity contribution in [3.63, 3.8) is 0 Å². The summed E-state index contributed by atoms with van der Waals surface area (Å²) in [7, 11) is 0. The van der Waals surface area contributed by atoms with Crippen molar-refractivity contribution in [1.29, 1.82) is 0 Å². The summed E-state index contributed by atoms with van der Waals surface area (Å²) in [6, 6.07) is 13.6. The highest BCUT2D eigenvalue weighted by Gasteiger charge is 2.11. The molecule has 0 saturated heterocycles. The van der Waals surface area contributed by atoms with E-state index in [1.807, 2.05) is 26.0 Å². The first-order chi connectivity index (χ1) is 13.4. The minimum atomic E-state index is -0.453. The molecule has 28 heavy (non-hydrogen) atoms. The molecule has 2 rings (SSSR count). The number of hydrogen-bond donors (Lipinski definition) is 2. The summed E-state index contributed by atoms with van der Waals surface area (Å²) in [6.07, 6.45) is 2.38. The van der Waals surface area contributed by atoms with Crippen LogP contribution in [0.3, 0.4) is 0 Å². The Kier molecular flexibility index (Phi) is 7.51. The topological polar surface area (TPSA) is 84.5 Å². The Balaban J connectivity index is 2.09. The third-order valence-electron chi connectivity index (χ3n) is 4.01. The van der Waals surface area contributed by atoms with Gasteiger partial charge in [0.15, 0.2) is 0 Å². The van der Waals surface area contributed by atoms with E-state index in [1.165, 1.54) is 13.0 Å². The first-order valence-electron chi connectivity index (χ1n) is 9.01. The molecule has 0 aromatic heterocycles. The highest BCUT2D eigenvalue weighted by Crippen LogP contribution is 2.18. The summed E-state index contributed by atoms with van der Waals surface area (Å²) >= 11 is 0. The van der Waals surface area contributed by atoms with E-state index in [2.05, 4.69) is 10.6 Å². The summed E-state index contributed by atoms with van der Waals surface area (Å²) in [5.74, 6) is -0.658. The third-order valence-corrected chi connectivity index (χ3v) is 4.01. The van der Waals surface area contributed by atoms with Gasteiger partial charge in [-0.1, -0.05) is 36.8 Å². The number of benzene rings is 2. The van der Waals surface area contributed by atoms with E-state index in [0.717, 1.165) is 17.6 Å². The zero-order valence-corrected chi connectivity index (χ0v) is 16.2. The molecular weight excluding hydrogens is 356 g/mol. The average Bonchev–Trinajstić information content (AvgIpc) is 2.66. The van der Waals surface area contributed by atoms with E-state index >= 15 is 0 Å². The Morgan fingerprint density at radius 3 is 2.50 bits per heavy atom. The number of esters is 1. The van der Waals surface area contributed by atoms with Crippen molar-refractivity contribution >= 4 is 23.5 Å². The molecule has 0 saturated carbocycles. The molecule has 0 atom stereocenters. The van der Waals surface area contributed by atoms with Crippen LogP contribution >= 0.6 is 0 Å². The number of nitrogens with one attached hydrogen (secondary N) is 2. The van der Waals surface area contributed by atoms with Crippen molar-refractivity contribution in [2.75, 3.05) is 5.32 Å². The summed E-state index contributed by atoms with van der Waals surface area (Å²) < 4.78 is 5.01. The molecule has 2 N–H and O–H groups in total. The van der Waals surface area contributed by atoms with E-state index < -0.39 is 5.97 Å². The number of para-hydroxylation sites is 1. The number of rotatable bonds is 7. The fraction of sp³-hybridized carbons (Fsp3) is 0.227. The van der Waals surface area contributed by atoms with Gasteiger partial charge in [-0.25, -0.2) is 0 Å². The lowest BCUT2D eigenvalue weighted by Crippen LogP contribution is -2.22. The molecule has 0 aliphatic rings. The SMILES string of the molecule is CC/C(C)=C/C(=O)NCc1ccccc1NC(=O)c1cccc(OC(C)=O)c1. The number of carbonyl (C=O) groups excluding carboxylic acids is 3. The second-order valence-electron chi connectivity index (χ2n) is 6.29. The summed E-state index contributed by atoms with van der Waals surface area (Å²) in [6.45, 7) is 5.48. The minimum Gasteiger partial charge on any atom is -0.427 e. The molecule has 2 amide bonds. The lowest BCUT2D eigenvalue weighted by Gasteiger charge is -2.12. The number of allylic oxidation sites excluding steroid dienone is 1. The van der Waals surface area contributed by atoms with E-state index in [0.29, 0.717) is 17.0 Å². The van der Waals surface area contributed by atoms with Crippen LogP contribution in [0.5, 0.6) is 5.75 Å². The standard InChI is InChI=1S/C22H24N2O4/c1-4-15(2)12-21(26)23-14-18-8-5-6-11-20(18)24-22(27)17-9-7-10-19(13-17)28-16(3)25/h5-13H,4,14H2,1-3H3,(H,23,26)(H,24,27)/b15-12+. The Labute approximate surface area is 164 Å². The number of amides is 2. The zero-order chi connectivity index (χ0) is 20.5. The van der Waals surface area contributed by atoms with Crippen molar-refractivity contribution in [2.45, 2.75) is 33.7 Å². The van der Waals surface area contributed by atoms with Crippen LogP contribution in [0.25, 0.3) is 0 Å². The van der Waals surface area contributed by atoms with Crippen LogP contribution in [0.4, 0.5) is 5.69 Å². The minimum absolute atomic E-state index is 0.172. The van der Waals surface area contributed by atoms with Crippen LogP contribution < -0.4 is 15.4 Å². The molecule has 0 fully saturated rings. The molecule has 0 aliphatic heterocycles. The molecule has 0 bridgehead atoms.